The van der Waals surface area contributed by atoms with Gasteiger partial charge in [-0.05, 0) is 50.0 Å². The molecule has 1 aliphatic heterocycles. The minimum absolute atomic E-state index is 0.0398. The van der Waals surface area contributed by atoms with Crippen LogP contribution in [-0.2, 0) is 16.0 Å². The SMILES string of the molecule is CN1CCN(C)CC(Cc2ccc(SC#N)cc2)N(CC(=O)O)CCN(CC(=O)O)CC1. The van der Waals surface area contributed by atoms with E-state index in [2.05, 4.69) is 22.2 Å². The maximum absolute atomic E-state index is 11.6. The third-order valence-corrected chi connectivity index (χ3v) is 6.26. The average Bonchev–Trinajstić information content (AvgIpc) is 2.73. The highest BCUT2D eigenvalue weighted by Crippen LogP contribution is 2.19. The van der Waals surface area contributed by atoms with Gasteiger partial charge in [-0.2, -0.15) is 5.26 Å². The Balaban J connectivity index is 2.24. The fourth-order valence-electron chi connectivity index (χ4n) is 3.84. The van der Waals surface area contributed by atoms with E-state index >= 15 is 0 Å². The summed E-state index contributed by atoms with van der Waals surface area (Å²) in [5.41, 5.74) is 1.08. The van der Waals surface area contributed by atoms with Crippen molar-refractivity contribution in [1.29, 1.82) is 5.26 Å². The van der Waals surface area contributed by atoms with Crippen molar-refractivity contribution in [3.8, 4) is 5.40 Å². The summed E-state index contributed by atoms with van der Waals surface area (Å²) in [4.78, 5) is 32.1. The number of nitriles is 1. The molecule has 0 bridgehead atoms. The monoisotopic (exact) mass is 463 g/mol. The molecular formula is C22H33N5O4S. The second-order valence-corrected chi connectivity index (χ2v) is 9.15. The number of carboxylic acid groups (broad SMARTS) is 2. The Labute approximate surface area is 194 Å². The largest absolute Gasteiger partial charge is 0.480 e. The third-order valence-electron chi connectivity index (χ3n) is 5.66. The van der Waals surface area contributed by atoms with E-state index in [1.807, 2.05) is 41.1 Å². The molecule has 1 aromatic rings. The lowest BCUT2D eigenvalue weighted by atomic mass is 10.0. The summed E-state index contributed by atoms with van der Waals surface area (Å²) in [6, 6.07) is 7.75. The Morgan fingerprint density at radius 1 is 0.969 bits per heavy atom. The molecule has 2 rings (SSSR count). The highest BCUT2D eigenvalue weighted by atomic mass is 32.2. The Bertz CT molecular complexity index is 786. The molecule has 176 valence electrons. The Morgan fingerprint density at radius 3 is 2.19 bits per heavy atom. The van der Waals surface area contributed by atoms with Gasteiger partial charge in [-0.25, -0.2) is 0 Å². The summed E-state index contributed by atoms with van der Waals surface area (Å²) < 4.78 is 0. The second-order valence-electron chi connectivity index (χ2n) is 8.29. The fourth-order valence-corrected chi connectivity index (χ4v) is 4.22. The van der Waals surface area contributed by atoms with Crippen molar-refractivity contribution < 1.29 is 19.8 Å². The second kappa shape index (κ2) is 13.4. The van der Waals surface area contributed by atoms with Gasteiger partial charge >= 0.3 is 11.9 Å². The molecule has 0 radical (unpaired) electrons. The van der Waals surface area contributed by atoms with E-state index in [9.17, 15) is 19.8 Å². The van der Waals surface area contributed by atoms with Gasteiger partial charge in [0.1, 0.15) is 5.40 Å². The first-order valence-electron chi connectivity index (χ1n) is 10.7. The number of hydrogen-bond donors (Lipinski definition) is 2. The number of likely N-dealkylation sites (N-methyl/N-ethyl adjacent to an activating group) is 2. The van der Waals surface area contributed by atoms with Crippen LogP contribution >= 0.6 is 11.8 Å². The minimum Gasteiger partial charge on any atom is -0.480 e. The summed E-state index contributed by atoms with van der Waals surface area (Å²) in [6.07, 6.45) is 0.671. The van der Waals surface area contributed by atoms with Crippen LogP contribution in [0.3, 0.4) is 0 Å². The van der Waals surface area contributed by atoms with E-state index in [1.54, 1.807) is 0 Å². The standard InChI is InChI=1S/C22H33N5O4S/c1-24-7-8-25(2)14-19(13-18-3-5-20(6-4-18)32-17-23)27(16-22(30)31)12-11-26(10-9-24)15-21(28)29/h3-6,19H,7-16H2,1-2H3,(H,28,29)(H,30,31). The normalized spacial score (nSPS) is 20.7. The quantitative estimate of drug-likeness (QED) is 0.445. The molecule has 0 spiro atoms. The zero-order valence-electron chi connectivity index (χ0n) is 18.8. The van der Waals surface area contributed by atoms with Crippen LogP contribution in [0.2, 0.25) is 0 Å². The third kappa shape index (κ3) is 9.54. The van der Waals surface area contributed by atoms with Crippen molar-refractivity contribution in [3.63, 3.8) is 0 Å². The first-order valence-corrected chi connectivity index (χ1v) is 11.5. The van der Waals surface area contributed by atoms with Crippen molar-refractivity contribution in [1.82, 2.24) is 19.6 Å². The van der Waals surface area contributed by atoms with Crippen molar-refractivity contribution in [3.05, 3.63) is 29.8 Å². The average molecular weight is 464 g/mol. The van der Waals surface area contributed by atoms with Crippen LogP contribution in [0.15, 0.2) is 29.2 Å². The lowest BCUT2D eigenvalue weighted by Crippen LogP contribution is -2.51. The fraction of sp³-hybridized carbons (Fsp3) is 0.591. The van der Waals surface area contributed by atoms with E-state index in [0.29, 0.717) is 32.6 Å². The van der Waals surface area contributed by atoms with Gasteiger partial charge in [0.15, 0.2) is 0 Å². The van der Waals surface area contributed by atoms with Gasteiger partial charge in [0.05, 0.1) is 13.1 Å². The Kier molecular flexibility index (Phi) is 10.9. The minimum atomic E-state index is -0.893. The van der Waals surface area contributed by atoms with Crippen LogP contribution in [0.4, 0.5) is 0 Å². The van der Waals surface area contributed by atoms with Crippen molar-refractivity contribution in [2.45, 2.75) is 17.4 Å². The number of rotatable bonds is 7. The summed E-state index contributed by atoms with van der Waals surface area (Å²) >= 11 is 1.11. The van der Waals surface area contributed by atoms with Gasteiger partial charge in [0.25, 0.3) is 0 Å². The van der Waals surface area contributed by atoms with Crippen molar-refractivity contribution >= 4 is 23.7 Å². The molecule has 1 saturated heterocycles. The summed E-state index contributed by atoms with van der Waals surface area (Å²) in [7, 11) is 4.09. The Morgan fingerprint density at radius 2 is 1.56 bits per heavy atom. The molecule has 32 heavy (non-hydrogen) atoms. The van der Waals surface area contributed by atoms with Crippen LogP contribution in [0.25, 0.3) is 0 Å². The number of nitrogens with zero attached hydrogens (tertiary/aromatic N) is 5. The number of aliphatic carboxylic acids is 2. The van der Waals surface area contributed by atoms with Crippen LogP contribution in [-0.4, -0.2) is 121 Å². The predicted molar refractivity (Wildman–Crippen MR) is 124 cm³/mol. The number of benzene rings is 1. The van der Waals surface area contributed by atoms with Crippen LogP contribution in [0.5, 0.6) is 0 Å². The van der Waals surface area contributed by atoms with Crippen molar-refractivity contribution in [2.75, 3.05) is 73.0 Å². The first kappa shape index (κ1) is 26.1. The summed E-state index contributed by atoms with van der Waals surface area (Å²) in [5.74, 6) is -1.77. The molecule has 1 atom stereocenters. The topological polar surface area (TPSA) is 111 Å². The molecule has 2 N–H and O–H groups in total. The Hall–Kier alpha value is -2.16. The van der Waals surface area contributed by atoms with Gasteiger partial charge in [0.2, 0.25) is 0 Å². The predicted octanol–water partition coefficient (Wildman–Crippen LogP) is 0.821. The number of carboxylic acids is 2. The van der Waals surface area contributed by atoms with E-state index in [1.165, 1.54) is 0 Å². The summed E-state index contributed by atoms with van der Waals surface area (Å²) in [6.45, 7) is 4.59. The zero-order chi connectivity index (χ0) is 23.5. The molecule has 1 fully saturated rings. The molecular weight excluding hydrogens is 430 g/mol. The highest BCUT2D eigenvalue weighted by Gasteiger charge is 2.25. The lowest BCUT2D eigenvalue weighted by molar-refractivity contribution is -0.140. The molecule has 0 saturated carbocycles. The van der Waals surface area contributed by atoms with E-state index in [4.69, 9.17) is 5.26 Å². The van der Waals surface area contributed by atoms with Gasteiger partial charge < -0.3 is 20.0 Å². The lowest BCUT2D eigenvalue weighted by Gasteiger charge is -2.36. The number of carbonyl (C=O) groups is 2. The highest BCUT2D eigenvalue weighted by molar-refractivity contribution is 8.03. The first-order chi connectivity index (χ1) is 15.3. The maximum Gasteiger partial charge on any atom is 0.317 e. The molecule has 0 aromatic heterocycles. The molecule has 9 nitrogen and oxygen atoms in total. The molecule has 0 aliphatic carbocycles. The maximum atomic E-state index is 11.6. The molecule has 1 heterocycles. The van der Waals surface area contributed by atoms with E-state index in [0.717, 1.165) is 41.9 Å². The summed E-state index contributed by atoms with van der Waals surface area (Å²) in [5, 5.41) is 29.7. The number of thiocyanates is 1. The van der Waals surface area contributed by atoms with Gasteiger partial charge in [-0.15, -0.1) is 0 Å². The van der Waals surface area contributed by atoms with Crippen LogP contribution in [0.1, 0.15) is 5.56 Å². The smallest absolute Gasteiger partial charge is 0.317 e. The molecule has 1 aromatic carbocycles. The van der Waals surface area contributed by atoms with E-state index < -0.39 is 11.9 Å². The van der Waals surface area contributed by atoms with E-state index in [-0.39, 0.29) is 19.1 Å². The van der Waals surface area contributed by atoms with Crippen molar-refractivity contribution in [2.24, 2.45) is 0 Å². The molecule has 1 unspecified atom stereocenters. The van der Waals surface area contributed by atoms with Crippen LogP contribution < -0.4 is 0 Å². The number of hydrogen-bond acceptors (Lipinski definition) is 8. The van der Waals surface area contributed by atoms with Gasteiger partial charge in [0, 0.05) is 56.8 Å². The molecule has 0 amide bonds. The zero-order valence-corrected chi connectivity index (χ0v) is 19.6. The van der Waals surface area contributed by atoms with Gasteiger partial charge in [-0.1, -0.05) is 12.1 Å². The molecule has 10 heteroatoms. The van der Waals surface area contributed by atoms with Crippen LogP contribution in [0, 0.1) is 10.7 Å². The van der Waals surface area contributed by atoms with Gasteiger partial charge in [-0.3, -0.25) is 19.4 Å². The number of thioether (sulfide) groups is 1. The molecule has 1 aliphatic rings.